The molecule has 3 rings (SSSR count). The molecule has 6 nitrogen and oxygen atoms in total. The minimum Gasteiger partial charge on any atom is -0.497 e. The predicted molar refractivity (Wildman–Crippen MR) is 92.1 cm³/mol. The van der Waals surface area contributed by atoms with E-state index in [0.29, 0.717) is 11.3 Å². The van der Waals surface area contributed by atoms with Crippen LogP contribution in [0.25, 0.3) is 0 Å². The summed E-state index contributed by atoms with van der Waals surface area (Å²) in [5.41, 5.74) is -1.53. The van der Waals surface area contributed by atoms with Crippen LogP contribution in [0.15, 0.2) is 29.8 Å². The molecule has 1 aromatic rings. The van der Waals surface area contributed by atoms with Crippen molar-refractivity contribution in [2.75, 3.05) is 14.2 Å². The summed E-state index contributed by atoms with van der Waals surface area (Å²) < 4.78 is 10.0. The van der Waals surface area contributed by atoms with E-state index in [1.165, 1.54) is 20.3 Å². The van der Waals surface area contributed by atoms with Crippen LogP contribution < -0.4 is 4.74 Å². The Labute approximate surface area is 151 Å². The summed E-state index contributed by atoms with van der Waals surface area (Å²) in [6.07, 6.45) is 1.47. The van der Waals surface area contributed by atoms with Crippen LogP contribution >= 0.6 is 0 Å². The number of ether oxygens (including phenoxy) is 2. The van der Waals surface area contributed by atoms with Crippen molar-refractivity contribution in [3.63, 3.8) is 0 Å². The van der Waals surface area contributed by atoms with Crippen LogP contribution in [-0.2, 0) is 24.5 Å². The van der Waals surface area contributed by atoms with Crippen LogP contribution in [0.1, 0.15) is 36.7 Å². The number of hydrogen-bond donors (Lipinski definition) is 0. The van der Waals surface area contributed by atoms with E-state index < -0.39 is 40.1 Å². The highest BCUT2D eigenvalue weighted by Gasteiger charge is 2.60. The summed E-state index contributed by atoms with van der Waals surface area (Å²) in [5.74, 6) is -2.89. The van der Waals surface area contributed by atoms with E-state index in [0.717, 1.165) is 0 Å². The third-order valence-electron chi connectivity index (χ3n) is 5.54. The SMILES string of the molecule is COC(=O)C1=CC2(C)c3cc(OC)ccc3C(=O)C(=O)C2C(C)(C)C1=O. The number of hydrogen-bond acceptors (Lipinski definition) is 6. The summed E-state index contributed by atoms with van der Waals surface area (Å²) in [6.45, 7) is 4.94. The Kier molecular flexibility index (Phi) is 3.90. The quantitative estimate of drug-likeness (QED) is 0.458. The molecule has 0 aliphatic heterocycles. The second-order valence-corrected chi connectivity index (χ2v) is 7.42. The van der Waals surface area contributed by atoms with Gasteiger partial charge < -0.3 is 9.47 Å². The van der Waals surface area contributed by atoms with Crippen molar-refractivity contribution in [1.29, 1.82) is 0 Å². The zero-order valence-electron chi connectivity index (χ0n) is 15.3. The largest absolute Gasteiger partial charge is 0.497 e. The average molecular weight is 356 g/mol. The number of Topliss-reactive ketones (excluding diaryl/α,β-unsaturated/α-hetero) is 3. The second kappa shape index (κ2) is 5.62. The molecule has 2 aliphatic rings. The summed E-state index contributed by atoms with van der Waals surface area (Å²) in [6, 6.07) is 4.84. The van der Waals surface area contributed by atoms with E-state index in [-0.39, 0.29) is 11.1 Å². The third-order valence-corrected chi connectivity index (χ3v) is 5.54. The fourth-order valence-corrected chi connectivity index (χ4v) is 4.33. The molecule has 0 bridgehead atoms. The number of allylic oxidation sites excluding steroid dienone is 1. The predicted octanol–water partition coefficient (Wildman–Crippen LogP) is 2.04. The number of esters is 1. The van der Waals surface area contributed by atoms with Crippen LogP contribution in [0.2, 0.25) is 0 Å². The van der Waals surface area contributed by atoms with Gasteiger partial charge in [0.15, 0.2) is 5.78 Å². The summed E-state index contributed by atoms with van der Waals surface area (Å²) >= 11 is 0. The van der Waals surface area contributed by atoms with Gasteiger partial charge in [-0.05, 0) is 23.8 Å². The van der Waals surface area contributed by atoms with Crippen LogP contribution in [0.3, 0.4) is 0 Å². The first kappa shape index (κ1) is 18.0. The smallest absolute Gasteiger partial charge is 0.341 e. The van der Waals surface area contributed by atoms with Gasteiger partial charge in [0.1, 0.15) is 11.3 Å². The molecule has 0 radical (unpaired) electrons. The van der Waals surface area contributed by atoms with Crippen LogP contribution in [0.4, 0.5) is 0 Å². The third kappa shape index (κ3) is 2.18. The summed E-state index contributed by atoms with van der Waals surface area (Å²) in [4.78, 5) is 50.6. The molecule has 0 saturated carbocycles. The number of rotatable bonds is 2. The first-order chi connectivity index (χ1) is 12.1. The minimum absolute atomic E-state index is 0.104. The first-order valence-electron chi connectivity index (χ1n) is 8.22. The van der Waals surface area contributed by atoms with Crippen molar-refractivity contribution in [2.45, 2.75) is 26.2 Å². The lowest BCUT2D eigenvalue weighted by atomic mass is 9.50. The fourth-order valence-electron chi connectivity index (χ4n) is 4.33. The van der Waals surface area contributed by atoms with Crippen molar-refractivity contribution in [3.05, 3.63) is 41.0 Å². The lowest BCUT2D eigenvalue weighted by Gasteiger charge is -2.49. The Bertz CT molecular complexity index is 892. The van der Waals surface area contributed by atoms with Crippen LogP contribution in [0.5, 0.6) is 5.75 Å². The number of fused-ring (bicyclic) bond motifs is 3. The minimum atomic E-state index is -1.24. The van der Waals surface area contributed by atoms with Gasteiger partial charge in [-0.1, -0.05) is 26.8 Å². The van der Waals surface area contributed by atoms with Gasteiger partial charge in [-0.3, -0.25) is 14.4 Å². The van der Waals surface area contributed by atoms with Gasteiger partial charge in [0.05, 0.1) is 20.1 Å². The molecule has 0 heterocycles. The van der Waals surface area contributed by atoms with Gasteiger partial charge in [0.25, 0.3) is 0 Å². The Morgan fingerprint density at radius 2 is 1.73 bits per heavy atom. The van der Waals surface area contributed by atoms with Crippen molar-refractivity contribution in [3.8, 4) is 5.75 Å². The number of methoxy groups -OCH3 is 2. The van der Waals surface area contributed by atoms with Gasteiger partial charge in [-0.2, -0.15) is 0 Å². The molecule has 26 heavy (non-hydrogen) atoms. The molecule has 2 aliphatic carbocycles. The maximum Gasteiger partial charge on any atom is 0.341 e. The molecule has 0 N–H and O–H groups in total. The second-order valence-electron chi connectivity index (χ2n) is 7.42. The van der Waals surface area contributed by atoms with Gasteiger partial charge in [0, 0.05) is 16.4 Å². The molecule has 0 amide bonds. The van der Waals surface area contributed by atoms with Crippen LogP contribution in [0, 0.1) is 11.3 Å². The molecule has 6 heteroatoms. The van der Waals surface area contributed by atoms with Crippen molar-refractivity contribution < 1.29 is 28.7 Å². The van der Waals surface area contributed by atoms with Crippen molar-refractivity contribution in [2.24, 2.45) is 11.3 Å². The highest BCUT2D eigenvalue weighted by molar-refractivity contribution is 6.47. The van der Waals surface area contributed by atoms with Gasteiger partial charge in [-0.15, -0.1) is 0 Å². The Hall–Kier alpha value is -2.76. The molecule has 1 aromatic carbocycles. The lowest BCUT2D eigenvalue weighted by Crippen LogP contribution is -2.57. The average Bonchev–Trinajstić information content (AvgIpc) is 2.61. The topological polar surface area (TPSA) is 86.7 Å². The fraction of sp³-hybridized carbons (Fsp3) is 0.400. The zero-order chi connectivity index (χ0) is 19.4. The monoisotopic (exact) mass is 356 g/mol. The molecule has 136 valence electrons. The maximum atomic E-state index is 12.9. The van der Waals surface area contributed by atoms with Gasteiger partial charge in [0.2, 0.25) is 11.6 Å². The van der Waals surface area contributed by atoms with E-state index in [2.05, 4.69) is 0 Å². The van der Waals surface area contributed by atoms with E-state index in [4.69, 9.17) is 9.47 Å². The Morgan fingerprint density at radius 1 is 1.08 bits per heavy atom. The summed E-state index contributed by atoms with van der Waals surface area (Å²) in [5, 5.41) is 0. The van der Waals surface area contributed by atoms with Gasteiger partial charge >= 0.3 is 5.97 Å². The molecular weight excluding hydrogens is 336 g/mol. The van der Waals surface area contributed by atoms with Crippen LogP contribution in [-0.4, -0.2) is 37.5 Å². The Morgan fingerprint density at radius 3 is 2.31 bits per heavy atom. The zero-order valence-corrected chi connectivity index (χ0v) is 15.3. The van der Waals surface area contributed by atoms with Gasteiger partial charge in [-0.25, -0.2) is 4.79 Å². The van der Waals surface area contributed by atoms with E-state index in [9.17, 15) is 19.2 Å². The maximum absolute atomic E-state index is 12.9. The normalized spacial score (nSPS) is 26.6. The Balaban J connectivity index is 2.39. The first-order valence-corrected chi connectivity index (χ1v) is 8.22. The van der Waals surface area contributed by atoms with Crippen molar-refractivity contribution in [1.82, 2.24) is 0 Å². The molecule has 0 fully saturated rings. The molecular formula is C20H20O6. The number of ketones is 3. The molecule has 0 aromatic heterocycles. The van der Waals surface area contributed by atoms with E-state index in [1.807, 2.05) is 0 Å². The molecule has 0 saturated heterocycles. The number of carbonyl (C=O) groups excluding carboxylic acids is 4. The van der Waals surface area contributed by atoms with E-state index >= 15 is 0 Å². The standard InChI is InChI=1S/C20H20O6/c1-19(2)16-15(22)14(21)11-7-6-10(25-4)8-13(11)20(16,3)9-12(17(19)23)18(24)26-5/h6-9,16H,1-5H3. The molecule has 2 atom stereocenters. The van der Waals surface area contributed by atoms with Crippen molar-refractivity contribution >= 4 is 23.3 Å². The molecule has 2 unspecified atom stereocenters. The highest BCUT2D eigenvalue weighted by atomic mass is 16.5. The highest BCUT2D eigenvalue weighted by Crippen LogP contribution is 2.53. The number of carbonyl (C=O) groups is 4. The molecule has 0 spiro atoms. The van der Waals surface area contributed by atoms with E-state index in [1.54, 1.807) is 39.0 Å². The summed E-state index contributed by atoms with van der Waals surface area (Å²) in [7, 11) is 2.70. The lowest BCUT2D eigenvalue weighted by molar-refractivity contribution is -0.144. The number of benzene rings is 1.